The standard InChI is InChI=1S/C59H44N2/c1-59(2)56-39-51(60(48-20-7-4-8-21-48)49-31-28-45(29-32-49)44-26-24-43(25-27-44)41-14-5-3-6-15-41)34-36-54(56)55-37-35-52(40-57(55)59)61(50-33-30-42-16-9-10-18-47(42)38-50)58-23-13-19-46-17-11-12-22-53(46)58/h3-40H,1-2H3. The van der Waals surface area contributed by atoms with Gasteiger partial charge in [0.25, 0.3) is 0 Å². The van der Waals surface area contributed by atoms with Crippen LogP contribution in [0, 0.1) is 0 Å². The molecule has 0 radical (unpaired) electrons. The van der Waals surface area contributed by atoms with E-state index < -0.39 is 0 Å². The molecule has 1 aliphatic rings. The van der Waals surface area contributed by atoms with Gasteiger partial charge in [0, 0.05) is 39.2 Å². The number of benzene rings is 10. The van der Waals surface area contributed by atoms with Crippen LogP contribution in [0.2, 0.25) is 0 Å². The lowest BCUT2D eigenvalue weighted by Crippen LogP contribution is -2.17. The number of nitrogens with zero attached hydrogens (tertiary/aromatic N) is 2. The second kappa shape index (κ2) is 14.9. The third-order valence-electron chi connectivity index (χ3n) is 12.6. The number of hydrogen-bond donors (Lipinski definition) is 0. The lowest BCUT2D eigenvalue weighted by atomic mass is 9.82. The van der Waals surface area contributed by atoms with E-state index in [1.54, 1.807) is 0 Å². The molecule has 10 aromatic carbocycles. The molecule has 0 aliphatic heterocycles. The van der Waals surface area contributed by atoms with Crippen molar-refractivity contribution in [2.45, 2.75) is 19.3 Å². The molecule has 0 atom stereocenters. The van der Waals surface area contributed by atoms with Crippen molar-refractivity contribution in [1.29, 1.82) is 0 Å². The van der Waals surface area contributed by atoms with E-state index in [9.17, 15) is 0 Å². The van der Waals surface area contributed by atoms with E-state index in [4.69, 9.17) is 0 Å². The largest absolute Gasteiger partial charge is 0.310 e. The van der Waals surface area contributed by atoms with Gasteiger partial charge < -0.3 is 9.80 Å². The highest BCUT2D eigenvalue weighted by Crippen LogP contribution is 2.53. The van der Waals surface area contributed by atoms with Crippen LogP contribution in [0.5, 0.6) is 0 Å². The quantitative estimate of drug-likeness (QED) is 0.152. The Labute approximate surface area is 358 Å². The molecule has 0 bridgehead atoms. The van der Waals surface area contributed by atoms with E-state index in [0.717, 1.165) is 34.1 Å². The molecule has 10 aromatic rings. The maximum atomic E-state index is 2.44. The molecule has 0 amide bonds. The van der Waals surface area contributed by atoms with Crippen molar-refractivity contribution in [2.75, 3.05) is 9.80 Å². The van der Waals surface area contributed by atoms with Gasteiger partial charge in [-0.25, -0.2) is 0 Å². The van der Waals surface area contributed by atoms with Crippen LogP contribution in [-0.4, -0.2) is 0 Å². The zero-order chi connectivity index (χ0) is 40.9. The Balaban J connectivity index is 0.973. The SMILES string of the molecule is CC1(C)c2cc(N(c3ccccc3)c3ccc(-c4ccc(-c5ccccc5)cc4)cc3)ccc2-c2ccc(N(c3ccc4ccccc4c3)c3cccc4ccccc34)cc21. The van der Waals surface area contributed by atoms with Crippen LogP contribution < -0.4 is 9.80 Å². The maximum Gasteiger partial charge on any atom is 0.0540 e. The Morgan fingerprint density at radius 3 is 1.39 bits per heavy atom. The van der Waals surface area contributed by atoms with Crippen LogP contribution in [0.25, 0.3) is 54.9 Å². The van der Waals surface area contributed by atoms with Crippen molar-refractivity contribution in [3.63, 3.8) is 0 Å². The van der Waals surface area contributed by atoms with Crippen molar-refractivity contribution in [3.05, 3.63) is 242 Å². The van der Waals surface area contributed by atoms with Crippen LogP contribution in [-0.2, 0) is 5.41 Å². The summed E-state index contributed by atoms with van der Waals surface area (Å²) < 4.78 is 0. The zero-order valence-corrected chi connectivity index (χ0v) is 34.3. The average molecular weight is 781 g/mol. The normalized spacial score (nSPS) is 12.6. The Bertz CT molecular complexity index is 3200. The summed E-state index contributed by atoms with van der Waals surface area (Å²) in [6.45, 7) is 4.77. The highest BCUT2D eigenvalue weighted by molar-refractivity contribution is 6.01. The topological polar surface area (TPSA) is 6.48 Å². The number of rotatable bonds is 8. The molecule has 11 rings (SSSR count). The number of para-hydroxylation sites is 1. The fraction of sp³-hybridized carbons (Fsp3) is 0.0508. The Kier molecular flexibility index (Phi) is 8.86. The van der Waals surface area contributed by atoms with Gasteiger partial charge in [-0.2, -0.15) is 0 Å². The molecule has 0 saturated heterocycles. The highest BCUT2D eigenvalue weighted by atomic mass is 15.1. The van der Waals surface area contributed by atoms with Crippen LogP contribution >= 0.6 is 0 Å². The van der Waals surface area contributed by atoms with Gasteiger partial charge in [-0.1, -0.05) is 178 Å². The molecule has 2 heteroatoms. The van der Waals surface area contributed by atoms with Gasteiger partial charge in [0.1, 0.15) is 0 Å². The molecule has 0 spiro atoms. The molecule has 290 valence electrons. The van der Waals surface area contributed by atoms with Gasteiger partial charge in [0.15, 0.2) is 0 Å². The van der Waals surface area contributed by atoms with Crippen LogP contribution in [0.3, 0.4) is 0 Å². The van der Waals surface area contributed by atoms with Gasteiger partial charge in [0.05, 0.1) is 5.69 Å². The molecule has 2 nitrogen and oxygen atoms in total. The van der Waals surface area contributed by atoms with E-state index in [-0.39, 0.29) is 5.41 Å². The van der Waals surface area contributed by atoms with Crippen LogP contribution in [0.4, 0.5) is 34.1 Å². The smallest absolute Gasteiger partial charge is 0.0540 e. The summed E-state index contributed by atoms with van der Waals surface area (Å²) in [5, 5.41) is 4.91. The molecule has 61 heavy (non-hydrogen) atoms. The van der Waals surface area contributed by atoms with Crippen molar-refractivity contribution >= 4 is 55.7 Å². The predicted molar refractivity (Wildman–Crippen MR) is 259 cm³/mol. The van der Waals surface area contributed by atoms with E-state index >= 15 is 0 Å². The number of fused-ring (bicyclic) bond motifs is 5. The lowest BCUT2D eigenvalue weighted by molar-refractivity contribution is 0.660. The van der Waals surface area contributed by atoms with Gasteiger partial charge in [0.2, 0.25) is 0 Å². The molecule has 0 saturated carbocycles. The Morgan fingerprint density at radius 1 is 0.295 bits per heavy atom. The first-order valence-corrected chi connectivity index (χ1v) is 21.2. The summed E-state index contributed by atoms with van der Waals surface area (Å²) in [4.78, 5) is 4.83. The molecule has 1 aliphatic carbocycles. The van der Waals surface area contributed by atoms with Crippen molar-refractivity contribution < 1.29 is 0 Å². The third kappa shape index (κ3) is 6.45. The van der Waals surface area contributed by atoms with E-state index in [1.165, 1.54) is 66.1 Å². The second-order valence-corrected chi connectivity index (χ2v) is 16.6. The van der Waals surface area contributed by atoms with Gasteiger partial charge in [-0.05, 0) is 127 Å². The Morgan fingerprint density at radius 2 is 0.738 bits per heavy atom. The van der Waals surface area contributed by atoms with Crippen LogP contribution in [0.1, 0.15) is 25.0 Å². The second-order valence-electron chi connectivity index (χ2n) is 16.6. The van der Waals surface area contributed by atoms with Crippen molar-refractivity contribution in [2.24, 2.45) is 0 Å². The molecular formula is C59H44N2. The van der Waals surface area contributed by atoms with E-state index in [0.29, 0.717) is 0 Å². The molecule has 0 unspecified atom stereocenters. The number of anilines is 6. The summed E-state index contributed by atoms with van der Waals surface area (Å²) in [5.74, 6) is 0. The first-order valence-electron chi connectivity index (χ1n) is 21.2. The van der Waals surface area contributed by atoms with E-state index in [1.807, 2.05) is 0 Å². The van der Waals surface area contributed by atoms with E-state index in [2.05, 4.69) is 254 Å². The minimum Gasteiger partial charge on any atom is -0.310 e. The van der Waals surface area contributed by atoms with Gasteiger partial charge in [-0.3, -0.25) is 0 Å². The minimum absolute atomic E-state index is 0.247. The van der Waals surface area contributed by atoms with Crippen LogP contribution in [0.15, 0.2) is 231 Å². The summed E-state index contributed by atoms with van der Waals surface area (Å²) in [5.41, 5.74) is 16.7. The summed E-state index contributed by atoms with van der Waals surface area (Å²) >= 11 is 0. The van der Waals surface area contributed by atoms with Crippen molar-refractivity contribution in [3.8, 4) is 33.4 Å². The average Bonchev–Trinajstić information content (AvgIpc) is 3.54. The number of hydrogen-bond acceptors (Lipinski definition) is 2. The minimum atomic E-state index is -0.247. The molecule has 0 fully saturated rings. The first-order chi connectivity index (χ1) is 30.0. The predicted octanol–water partition coefficient (Wildman–Crippen LogP) is 16.6. The Hall–Kier alpha value is -7.68. The fourth-order valence-electron chi connectivity index (χ4n) is 9.45. The van der Waals surface area contributed by atoms with Crippen molar-refractivity contribution in [1.82, 2.24) is 0 Å². The summed E-state index contributed by atoms with van der Waals surface area (Å²) in [7, 11) is 0. The fourth-order valence-corrected chi connectivity index (χ4v) is 9.45. The molecule has 0 heterocycles. The third-order valence-corrected chi connectivity index (χ3v) is 12.6. The molecule has 0 aromatic heterocycles. The maximum absolute atomic E-state index is 2.44. The summed E-state index contributed by atoms with van der Waals surface area (Å²) in [6, 6.07) is 84.1. The van der Waals surface area contributed by atoms with Gasteiger partial charge in [-0.15, -0.1) is 0 Å². The highest BCUT2D eigenvalue weighted by Gasteiger charge is 2.37. The summed E-state index contributed by atoms with van der Waals surface area (Å²) in [6.07, 6.45) is 0. The first kappa shape index (κ1) is 36.4. The zero-order valence-electron chi connectivity index (χ0n) is 34.3. The monoisotopic (exact) mass is 780 g/mol. The molecule has 0 N–H and O–H groups in total. The lowest BCUT2D eigenvalue weighted by Gasteiger charge is -2.30. The van der Waals surface area contributed by atoms with Gasteiger partial charge >= 0.3 is 0 Å². The molecular weight excluding hydrogens is 737 g/mol.